The number of thioether (sulfide) groups is 1. The van der Waals surface area contributed by atoms with E-state index in [4.69, 9.17) is 0 Å². The first-order chi connectivity index (χ1) is 13.2. The summed E-state index contributed by atoms with van der Waals surface area (Å²) in [5, 5.41) is 7.60. The van der Waals surface area contributed by atoms with Crippen LogP contribution in [0.3, 0.4) is 0 Å². The Kier molecular flexibility index (Phi) is 6.71. The number of carbonyl (C=O) groups is 1. The molecule has 4 nitrogen and oxygen atoms in total. The summed E-state index contributed by atoms with van der Waals surface area (Å²) in [6.45, 7) is 2.69. The number of nitrogens with one attached hydrogen (secondary N) is 1. The third-order valence-electron chi connectivity index (χ3n) is 4.46. The first-order valence-electron chi connectivity index (χ1n) is 9.14. The molecule has 0 atom stereocenters. The van der Waals surface area contributed by atoms with Crippen molar-refractivity contribution < 1.29 is 4.79 Å². The van der Waals surface area contributed by atoms with Crippen LogP contribution in [-0.2, 0) is 12.2 Å². The van der Waals surface area contributed by atoms with Gasteiger partial charge in [-0.1, -0.05) is 30.3 Å². The molecule has 0 aliphatic carbocycles. The summed E-state index contributed by atoms with van der Waals surface area (Å²) in [5.41, 5.74) is 5.27. The number of amides is 1. The van der Waals surface area contributed by atoms with E-state index in [1.165, 1.54) is 11.1 Å². The van der Waals surface area contributed by atoms with Gasteiger partial charge in [-0.15, -0.1) is 0 Å². The molecule has 1 N–H and O–H groups in total. The lowest BCUT2D eigenvalue weighted by Gasteiger charge is -2.06. The van der Waals surface area contributed by atoms with E-state index in [0.29, 0.717) is 12.1 Å². The zero-order chi connectivity index (χ0) is 19.1. The third-order valence-corrected chi connectivity index (χ3v) is 5.08. The van der Waals surface area contributed by atoms with Gasteiger partial charge in [0, 0.05) is 24.1 Å². The van der Waals surface area contributed by atoms with E-state index in [1.807, 2.05) is 66.2 Å². The largest absolute Gasteiger partial charge is 0.352 e. The molecule has 0 aliphatic heterocycles. The van der Waals surface area contributed by atoms with E-state index < -0.39 is 0 Å². The molecule has 0 aliphatic rings. The Morgan fingerprint density at radius 1 is 1.11 bits per heavy atom. The van der Waals surface area contributed by atoms with E-state index in [9.17, 15) is 4.79 Å². The molecule has 0 saturated carbocycles. The first-order valence-corrected chi connectivity index (χ1v) is 10.5. The fourth-order valence-corrected chi connectivity index (χ4v) is 3.48. The molecule has 1 heterocycles. The molecule has 0 saturated heterocycles. The molecule has 5 heteroatoms. The Bertz CT molecular complexity index is 872. The SMILES string of the molecule is CSCc1ccc(C(=O)NCCCc2cn(-c3ccccc3)nc2C)cc1. The van der Waals surface area contributed by atoms with Gasteiger partial charge in [0.25, 0.3) is 5.91 Å². The van der Waals surface area contributed by atoms with Gasteiger partial charge in [0.2, 0.25) is 0 Å². The number of carbonyl (C=O) groups excluding carboxylic acids is 1. The van der Waals surface area contributed by atoms with E-state index in [2.05, 4.69) is 22.9 Å². The predicted octanol–water partition coefficient (Wildman–Crippen LogP) is 4.41. The Labute approximate surface area is 165 Å². The molecule has 140 valence electrons. The van der Waals surface area contributed by atoms with Gasteiger partial charge in [0.1, 0.15) is 0 Å². The topological polar surface area (TPSA) is 46.9 Å². The summed E-state index contributed by atoms with van der Waals surface area (Å²) in [4.78, 5) is 12.2. The van der Waals surface area contributed by atoms with Crippen molar-refractivity contribution in [1.82, 2.24) is 15.1 Å². The number of benzene rings is 2. The Morgan fingerprint density at radius 3 is 2.56 bits per heavy atom. The van der Waals surface area contributed by atoms with Crippen LogP contribution in [0.2, 0.25) is 0 Å². The Morgan fingerprint density at radius 2 is 1.85 bits per heavy atom. The third kappa shape index (κ3) is 5.23. The quantitative estimate of drug-likeness (QED) is 0.590. The highest BCUT2D eigenvalue weighted by molar-refractivity contribution is 7.97. The molecule has 0 radical (unpaired) electrons. The van der Waals surface area contributed by atoms with Crippen molar-refractivity contribution in [2.75, 3.05) is 12.8 Å². The van der Waals surface area contributed by atoms with Crippen molar-refractivity contribution in [2.24, 2.45) is 0 Å². The molecule has 0 spiro atoms. The second kappa shape index (κ2) is 9.42. The standard InChI is InChI=1S/C22H25N3OS/c1-17-20(15-25(24-17)21-8-4-3-5-9-21)7-6-14-23-22(26)19-12-10-18(11-13-19)16-27-2/h3-5,8-13,15H,6-7,14,16H2,1-2H3,(H,23,26). The average Bonchev–Trinajstić information content (AvgIpc) is 3.07. The number of aromatic nitrogens is 2. The Balaban J connectivity index is 1.49. The second-order valence-corrected chi connectivity index (χ2v) is 7.38. The molecular weight excluding hydrogens is 354 g/mol. The predicted molar refractivity (Wildman–Crippen MR) is 113 cm³/mol. The molecule has 0 unspecified atom stereocenters. The molecule has 2 aromatic carbocycles. The average molecular weight is 380 g/mol. The summed E-state index contributed by atoms with van der Waals surface area (Å²) < 4.78 is 1.92. The summed E-state index contributed by atoms with van der Waals surface area (Å²) in [6, 6.07) is 17.9. The first kappa shape index (κ1) is 19.2. The van der Waals surface area contributed by atoms with Gasteiger partial charge in [-0.05, 0) is 61.4 Å². The van der Waals surface area contributed by atoms with E-state index >= 15 is 0 Å². The molecule has 0 bridgehead atoms. The molecule has 3 rings (SSSR count). The second-order valence-electron chi connectivity index (χ2n) is 6.51. The molecule has 3 aromatic rings. The van der Waals surface area contributed by atoms with Crippen LogP contribution in [0.25, 0.3) is 5.69 Å². The molecule has 0 fully saturated rings. The van der Waals surface area contributed by atoms with Crippen molar-refractivity contribution in [3.8, 4) is 5.69 Å². The van der Waals surface area contributed by atoms with Crippen LogP contribution in [0.4, 0.5) is 0 Å². The van der Waals surface area contributed by atoms with Gasteiger partial charge in [0.15, 0.2) is 0 Å². The normalized spacial score (nSPS) is 10.7. The van der Waals surface area contributed by atoms with Crippen molar-refractivity contribution >= 4 is 17.7 Å². The van der Waals surface area contributed by atoms with Gasteiger partial charge in [-0.2, -0.15) is 16.9 Å². The van der Waals surface area contributed by atoms with Gasteiger partial charge in [-0.3, -0.25) is 4.79 Å². The minimum absolute atomic E-state index is 0.0117. The van der Waals surface area contributed by atoms with E-state index in [1.54, 1.807) is 11.8 Å². The lowest BCUT2D eigenvalue weighted by molar-refractivity contribution is 0.0953. The summed E-state index contributed by atoms with van der Waals surface area (Å²) in [6.07, 6.45) is 5.94. The van der Waals surface area contributed by atoms with Crippen LogP contribution in [-0.4, -0.2) is 28.5 Å². The number of aryl methyl sites for hydroxylation is 2. The summed E-state index contributed by atoms with van der Waals surface area (Å²) >= 11 is 1.78. The zero-order valence-corrected chi connectivity index (χ0v) is 16.6. The fraction of sp³-hybridized carbons (Fsp3) is 0.273. The fourth-order valence-electron chi connectivity index (χ4n) is 2.96. The van der Waals surface area contributed by atoms with Gasteiger partial charge >= 0.3 is 0 Å². The van der Waals surface area contributed by atoms with E-state index in [-0.39, 0.29) is 5.91 Å². The molecule has 27 heavy (non-hydrogen) atoms. The van der Waals surface area contributed by atoms with Crippen LogP contribution in [0.5, 0.6) is 0 Å². The van der Waals surface area contributed by atoms with Crippen molar-refractivity contribution in [3.05, 3.63) is 83.2 Å². The zero-order valence-electron chi connectivity index (χ0n) is 15.8. The summed E-state index contributed by atoms with van der Waals surface area (Å²) in [5.74, 6) is 0.958. The maximum absolute atomic E-state index is 12.2. The van der Waals surface area contributed by atoms with E-state index in [0.717, 1.165) is 30.0 Å². The van der Waals surface area contributed by atoms with Gasteiger partial charge in [-0.25, -0.2) is 4.68 Å². The van der Waals surface area contributed by atoms with Crippen molar-refractivity contribution in [1.29, 1.82) is 0 Å². The highest BCUT2D eigenvalue weighted by atomic mass is 32.2. The minimum Gasteiger partial charge on any atom is -0.352 e. The number of rotatable bonds is 8. The number of hydrogen-bond acceptors (Lipinski definition) is 3. The lowest BCUT2D eigenvalue weighted by atomic mass is 10.1. The van der Waals surface area contributed by atoms with Gasteiger partial charge < -0.3 is 5.32 Å². The number of nitrogens with zero attached hydrogens (tertiary/aromatic N) is 2. The maximum Gasteiger partial charge on any atom is 0.251 e. The highest BCUT2D eigenvalue weighted by Crippen LogP contribution is 2.13. The minimum atomic E-state index is -0.0117. The molecule has 1 aromatic heterocycles. The highest BCUT2D eigenvalue weighted by Gasteiger charge is 2.08. The van der Waals surface area contributed by atoms with Crippen molar-refractivity contribution in [2.45, 2.75) is 25.5 Å². The maximum atomic E-state index is 12.2. The van der Waals surface area contributed by atoms with Crippen LogP contribution in [0.15, 0.2) is 60.8 Å². The number of hydrogen-bond donors (Lipinski definition) is 1. The monoisotopic (exact) mass is 379 g/mol. The smallest absolute Gasteiger partial charge is 0.251 e. The molecule has 1 amide bonds. The van der Waals surface area contributed by atoms with Crippen LogP contribution in [0, 0.1) is 6.92 Å². The van der Waals surface area contributed by atoms with Gasteiger partial charge in [0.05, 0.1) is 11.4 Å². The van der Waals surface area contributed by atoms with Crippen LogP contribution < -0.4 is 5.32 Å². The van der Waals surface area contributed by atoms with Crippen LogP contribution in [0.1, 0.15) is 33.6 Å². The lowest BCUT2D eigenvalue weighted by Crippen LogP contribution is -2.24. The van der Waals surface area contributed by atoms with Crippen molar-refractivity contribution in [3.63, 3.8) is 0 Å². The molecular formula is C22H25N3OS. The number of para-hydroxylation sites is 1. The Hall–Kier alpha value is -2.53. The summed E-state index contributed by atoms with van der Waals surface area (Å²) in [7, 11) is 0. The van der Waals surface area contributed by atoms with Crippen LogP contribution >= 0.6 is 11.8 Å².